The van der Waals surface area contributed by atoms with Crippen LogP contribution in [0.25, 0.3) is 0 Å². The number of aromatic nitrogens is 10. The summed E-state index contributed by atoms with van der Waals surface area (Å²) < 4.78 is 44.4. The van der Waals surface area contributed by atoms with Gasteiger partial charge in [0.1, 0.15) is 45.9 Å². The smallest absolute Gasteiger partial charge is 0.494 e. The number of carbonyl (C=O) groups is 4. The summed E-state index contributed by atoms with van der Waals surface area (Å²) >= 11 is 13.2. The van der Waals surface area contributed by atoms with Crippen molar-refractivity contribution in [1.29, 1.82) is 0 Å². The quantitative estimate of drug-likeness (QED) is 0.0235. The Morgan fingerprint density at radius 2 is 0.744 bits per heavy atom. The molecule has 1 amide bonds. The van der Waals surface area contributed by atoms with E-state index in [2.05, 4.69) is 208 Å². The second-order valence-electron chi connectivity index (χ2n) is 31.6. The lowest BCUT2D eigenvalue weighted by molar-refractivity contribution is -0.0294. The van der Waals surface area contributed by atoms with E-state index < -0.39 is 40.1 Å². The van der Waals surface area contributed by atoms with Crippen molar-refractivity contribution in [3.05, 3.63) is 167 Å². The van der Waals surface area contributed by atoms with Crippen LogP contribution in [0, 0.1) is 0 Å². The van der Waals surface area contributed by atoms with E-state index in [0.29, 0.717) is 48.3 Å². The zero-order chi connectivity index (χ0) is 89.3. The molecular formula is C88H134BrCl2N17O13. The summed E-state index contributed by atoms with van der Waals surface area (Å²) in [5.41, 5.74) is -0.625. The van der Waals surface area contributed by atoms with Gasteiger partial charge in [0, 0.05) is 106 Å². The van der Waals surface area contributed by atoms with Crippen LogP contribution in [0.5, 0.6) is 23.0 Å². The molecule has 5 aliphatic heterocycles. The van der Waals surface area contributed by atoms with E-state index in [1.54, 1.807) is 124 Å². The molecule has 5 saturated heterocycles. The standard InChI is InChI=1S/C16H19N3O.C15H16BrN3.C14H21N3O3.C10H18O5.2C9H13N3O.2C6H15N.C3H4Cl2O2/c1-20-15-9-17-16(18-10-15)14-7-8-19(12-14)11-13-5-3-2-4-6-13;16-14-8-17-15(18-9-14)13-6-7-19(11-13)10-12-4-2-1-3-5-12;1-14(2,3)20-13(18)17-6-5-10(9-17)12-15-7-11(19-4)8-16-12;1-9(2,3)14-7(11)13-8(12)15-10(4,5)6;2*1-13-8-5-11-9(12-6-8)7-2-3-10-4-7;2*1-4-7(5-2)6-3;1-2(4)7-3(5)6/h2-6,9-10,14H,7-8,11-12H2,1H3;1-5,8-9,13H,6-7,10-11H2;7-8,10H,5-6,9H2,1-4H3;1-6H3;2*5-7,10H,2-4H2,1H3;2*4-6H2,1-3H3;2H,1H3. The molecule has 5 aliphatic rings. The number of hydrogen-bond acceptors (Lipinski definition) is 29. The maximum absolute atomic E-state index is 12.0. The molecule has 5 aromatic heterocycles. The lowest BCUT2D eigenvalue weighted by Crippen LogP contribution is -2.35. The van der Waals surface area contributed by atoms with E-state index in [0.717, 1.165) is 143 Å². The molecule has 5 fully saturated rings. The summed E-state index contributed by atoms with van der Waals surface area (Å²) in [4.78, 5) is 98.4. The first kappa shape index (κ1) is 105. The van der Waals surface area contributed by atoms with E-state index in [1.165, 1.54) is 57.3 Å². The zero-order valence-electron chi connectivity index (χ0n) is 74.9. The van der Waals surface area contributed by atoms with Gasteiger partial charge in [0.2, 0.25) is 0 Å². The molecule has 30 nitrogen and oxygen atoms in total. The molecule has 0 bridgehead atoms. The van der Waals surface area contributed by atoms with Crippen molar-refractivity contribution >= 4 is 63.0 Å². The number of hydrogen-bond donors (Lipinski definition) is 2. The molecule has 6 unspecified atom stereocenters. The molecule has 670 valence electrons. The predicted molar refractivity (Wildman–Crippen MR) is 476 cm³/mol. The van der Waals surface area contributed by atoms with Crippen molar-refractivity contribution in [1.82, 2.24) is 85.0 Å². The molecular weight excluding hydrogens is 1650 g/mol. The Bertz CT molecular complexity index is 3830. The molecule has 2 N–H and O–H groups in total. The topological polar surface area (TPSA) is 321 Å². The highest BCUT2D eigenvalue weighted by atomic mass is 79.9. The average molecular weight is 1790 g/mol. The third kappa shape index (κ3) is 44.3. The van der Waals surface area contributed by atoms with Crippen LogP contribution in [0.3, 0.4) is 0 Å². The molecule has 2 aromatic carbocycles. The van der Waals surface area contributed by atoms with Crippen LogP contribution in [0.1, 0.15) is 213 Å². The van der Waals surface area contributed by atoms with Crippen LogP contribution in [0.4, 0.5) is 19.2 Å². The van der Waals surface area contributed by atoms with Gasteiger partial charge in [0.15, 0.2) is 28.6 Å². The highest BCUT2D eigenvalue weighted by Gasteiger charge is 2.33. The summed E-state index contributed by atoms with van der Waals surface area (Å²) in [6.07, 6.45) is 20.4. The Morgan fingerprint density at radius 3 is 1.00 bits per heavy atom. The van der Waals surface area contributed by atoms with Gasteiger partial charge in [-0.1, -0.05) is 114 Å². The second kappa shape index (κ2) is 56.9. The number of rotatable bonds is 20. The Kier molecular flexibility index (Phi) is 49.2. The number of carbonyl (C=O) groups excluding carboxylic acids is 4. The number of halogens is 3. The van der Waals surface area contributed by atoms with Gasteiger partial charge in [-0.15, -0.1) is 0 Å². The number of amides is 1. The van der Waals surface area contributed by atoms with Gasteiger partial charge < -0.3 is 68.0 Å². The van der Waals surface area contributed by atoms with Gasteiger partial charge in [-0.3, -0.25) is 9.80 Å². The first-order chi connectivity index (χ1) is 57.7. The van der Waals surface area contributed by atoms with E-state index in [1.807, 2.05) is 33.2 Å². The molecule has 0 aliphatic carbocycles. The van der Waals surface area contributed by atoms with Crippen LogP contribution < -0.4 is 29.6 Å². The lowest BCUT2D eigenvalue weighted by Gasteiger charge is -2.24. The first-order valence-electron chi connectivity index (χ1n) is 41.6. The van der Waals surface area contributed by atoms with Crippen LogP contribution in [-0.4, -0.2) is 254 Å². The fourth-order valence-corrected chi connectivity index (χ4v) is 12.9. The van der Waals surface area contributed by atoms with Gasteiger partial charge in [0.25, 0.3) is 0 Å². The minimum Gasteiger partial charge on any atom is -0.494 e. The summed E-state index contributed by atoms with van der Waals surface area (Å²) in [6.45, 7) is 49.1. The number of likely N-dealkylation sites (tertiary alicyclic amines) is 3. The number of nitrogens with zero attached hydrogens (tertiary/aromatic N) is 15. The third-order valence-electron chi connectivity index (χ3n) is 18.9. The molecule has 7 aromatic rings. The number of alkyl halides is 1. The van der Waals surface area contributed by atoms with Crippen LogP contribution in [-0.2, 0) is 36.8 Å². The van der Waals surface area contributed by atoms with Crippen molar-refractivity contribution in [2.75, 3.05) is 133 Å². The van der Waals surface area contributed by atoms with Gasteiger partial charge in [-0.05, 0) is 194 Å². The minimum atomic E-state index is -1.06. The molecule has 33 heteroatoms. The molecule has 10 heterocycles. The first-order valence-corrected chi connectivity index (χ1v) is 43.2. The highest BCUT2D eigenvalue weighted by molar-refractivity contribution is 9.10. The summed E-state index contributed by atoms with van der Waals surface area (Å²) in [6, 6.07) is 21.2. The zero-order valence-corrected chi connectivity index (χ0v) is 78.0. The summed E-state index contributed by atoms with van der Waals surface area (Å²) in [5, 5.41) is 6.58. The normalized spacial score (nSPS) is 17.5. The Labute approximate surface area is 736 Å². The van der Waals surface area contributed by atoms with Crippen molar-refractivity contribution < 1.29 is 61.8 Å². The molecule has 0 radical (unpaired) electrons. The molecule has 121 heavy (non-hydrogen) atoms. The van der Waals surface area contributed by atoms with Crippen molar-refractivity contribution in [3.63, 3.8) is 0 Å². The molecule has 12 rings (SSSR count). The number of nitrogens with one attached hydrogen (secondary N) is 2. The summed E-state index contributed by atoms with van der Waals surface area (Å²) in [5.74, 6) is 9.30. The van der Waals surface area contributed by atoms with E-state index >= 15 is 0 Å². The molecule has 6 atom stereocenters. The molecule has 0 spiro atoms. The summed E-state index contributed by atoms with van der Waals surface area (Å²) in [7, 11) is 6.46. The van der Waals surface area contributed by atoms with Crippen LogP contribution >= 0.6 is 39.1 Å². The van der Waals surface area contributed by atoms with Gasteiger partial charge >= 0.3 is 23.8 Å². The van der Waals surface area contributed by atoms with Gasteiger partial charge in [-0.2, -0.15) is 0 Å². The lowest BCUT2D eigenvalue weighted by atomic mass is 10.1. The van der Waals surface area contributed by atoms with Crippen LogP contribution in [0.15, 0.2) is 127 Å². The van der Waals surface area contributed by atoms with Crippen molar-refractivity contribution in [3.8, 4) is 23.0 Å². The highest BCUT2D eigenvalue weighted by Crippen LogP contribution is 2.30. The fraction of sp³-hybridized carbons (Fsp3) is 0.591. The number of benzene rings is 2. The van der Waals surface area contributed by atoms with E-state index in [9.17, 15) is 19.2 Å². The number of methoxy groups -OCH3 is 4. The monoisotopic (exact) mass is 1790 g/mol. The van der Waals surface area contributed by atoms with Gasteiger partial charge in [0.05, 0.1) is 82.5 Å². The van der Waals surface area contributed by atoms with Crippen molar-refractivity contribution in [2.45, 2.75) is 208 Å². The minimum absolute atomic E-state index is 0.161. The van der Waals surface area contributed by atoms with Crippen LogP contribution in [0.2, 0.25) is 0 Å². The predicted octanol–water partition coefficient (Wildman–Crippen LogP) is 16.6. The fourth-order valence-electron chi connectivity index (χ4n) is 12.5. The Balaban J connectivity index is 0.000000293. The maximum atomic E-state index is 12.0. The Morgan fingerprint density at radius 1 is 0.446 bits per heavy atom. The maximum Gasteiger partial charge on any atom is 0.519 e. The SMILES string of the molecule is Brc1cnc(C2CCN(Cc3ccccc3)C2)nc1.CC(C)(C)OC(=O)OC(=O)OC(C)(C)C.CC(Cl)OC(=O)Cl.CCN(CC)CC.CCN(CC)CC.COc1cnc(C2CCN(C(=O)OC(C)(C)C)C2)nc1.COc1cnc(C2CCN(Cc3ccccc3)C2)nc1.COc1cnc(C2CCNC2)nc1.COc1cnc(C2CCNC2)nc1. The van der Waals surface area contributed by atoms with E-state index in [-0.39, 0.29) is 12.0 Å². The van der Waals surface area contributed by atoms with Crippen molar-refractivity contribution in [2.24, 2.45) is 0 Å². The third-order valence-corrected chi connectivity index (χ3v) is 19.5. The Hall–Kier alpha value is -8.66. The second-order valence-corrected chi connectivity index (χ2v) is 33.4. The molecule has 0 saturated carbocycles. The largest absolute Gasteiger partial charge is 0.519 e. The van der Waals surface area contributed by atoms with Gasteiger partial charge in [-0.25, -0.2) is 69.0 Å². The average Bonchev–Trinajstić information content (AvgIpc) is 1.69. The van der Waals surface area contributed by atoms with E-state index in [4.69, 9.17) is 56.4 Å². The number of ether oxygens (including phenoxy) is 9.